The van der Waals surface area contributed by atoms with Gasteiger partial charge in [0.05, 0.1) is 5.56 Å². The molecule has 1 fully saturated rings. The summed E-state index contributed by atoms with van der Waals surface area (Å²) in [5, 5.41) is 17.6. The lowest BCUT2D eigenvalue weighted by atomic mass is 10.1. The molecule has 2 aromatic heterocycles. The number of carboxylic acids is 1. The molecule has 0 saturated carbocycles. The number of nitrogens with zero attached hydrogens (tertiary/aromatic N) is 4. The van der Waals surface area contributed by atoms with Gasteiger partial charge in [0, 0.05) is 38.2 Å². The van der Waals surface area contributed by atoms with Crippen LogP contribution >= 0.6 is 0 Å². The Morgan fingerprint density at radius 1 is 1.43 bits per heavy atom. The van der Waals surface area contributed by atoms with Crippen LogP contribution in [0.1, 0.15) is 28.9 Å². The van der Waals surface area contributed by atoms with Gasteiger partial charge in [-0.3, -0.25) is 0 Å². The maximum atomic E-state index is 10.8. The van der Waals surface area contributed by atoms with Crippen molar-refractivity contribution in [1.29, 1.82) is 5.26 Å². The molecule has 2 aromatic rings. The fourth-order valence-corrected chi connectivity index (χ4v) is 2.36. The van der Waals surface area contributed by atoms with Gasteiger partial charge in [0.2, 0.25) is 5.88 Å². The number of carboxylic acid groups (broad SMARTS) is 1. The second kappa shape index (κ2) is 6.36. The summed E-state index contributed by atoms with van der Waals surface area (Å²) in [6.07, 6.45) is 4.12. The SMILES string of the molecule is N#Cc1ccc(OC2CCN(c3nc(C(=O)O)co3)CC2)nc1. The smallest absolute Gasteiger partial charge is 0.357 e. The molecule has 118 valence electrons. The molecule has 0 unspecified atom stereocenters. The van der Waals surface area contributed by atoms with E-state index < -0.39 is 5.97 Å². The molecule has 1 N–H and O–H groups in total. The highest BCUT2D eigenvalue weighted by molar-refractivity contribution is 5.85. The number of rotatable bonds is 4. The predicted octanol–water partition coefficient (Wildman–Crippen LogP) is 1.69. The molecule has 0 bridgehead atoms. The van der Waals surface area contributed by atoms with E-state index in [9.17, 15) is 4.79 Å². The Morgan fingerprint density at radius 3 is 2.78 bits per heavy atom. The molecule has 3 heterocycles. The van der Waals surface area contributed by atoms with Crippen LogP contribution in [0, 0.1) is 11.3 Å². The lowest BCUT2D eigenvalue weighted by molar-refractivity contribution is 0.0690. The molecule has 0 radical (unpaired) electrons. The average molecular weight is 314 g/mol. The molecule has 0 spiro atoms. The molecule has 3 rings (SSSR count). The summed E-state index contributed by atoms with van der Waals surface area (Å²) in [4.78, 5) is 20.7. The highest BCUT2D eigenvalue weighted by Gasteiger charge is 2.24. The Hall–Kier alpha value is -3.08. The van der Waals surface area contributed by atoms with Crippen molar-refractivity contribution in [3.63, 3.8) is 0 Å². The van der Waals surface area contributed by atoms with Crippen molar-refractivity contribution in [3.05, 3.63) is 35.9 Å². The highest BCUT2D eigenvalue weighted by atomic mass is 16.5. The second-order valence-corrected chi connectivity index (χ2v) is 5.12. The van der Waals surface area contributed by atoms with Gasteiger partial charge < -0.3 is 19.2 Å². The average Bonchev–Trinajstić information content (AvgIpc) is 3.07. The van der Waals surface area contributed by atoms with Gasteiger partial charge in [0.1, 0.15) is 18.4 Å². The molecule has 0 aliphatic carbocycles. The van der Waals surface area contributed by atoms with Crippen molar-refractivity contribution in [2.45, 2.75) is 18.9 Å². The Balaban J connectivity index is 1.55. The van der Waals surface area contributed by atoms with Crippen LogP contribution in [-0.2, 0) is 0 Å². The van der Waals surface area contributed by atoms with Crippen LogP contribution in [0.3, 0.4) is 0 Å². The largest absolute Gasteiger partial charge is 0.476 e. The standard InChI is InChI=1S/C15H14N4O4/c16-7-10-1-2-13(17-8-10)23-11-3-5-19(6-4-11)15-18-12(9-22-15)14(20)21/h1-2,8-9,11H,3-6H2,(H,20,21). The van der Waals surface area contributed by atoms with Gasteiger partial charge in [-0.15, -0.1) is 0 Å². The lowest BCUT2D eigenvalue weighted by Crippen LogP contribution is -2.38. The molecule has 0 amide bonds. The van der Waals surface area contributed by atoms with E-state index >= 15 is 0 Å². The van der Waals surface area contributed by atoms with Crippen molar-refractivity contribution in [2.24, 2.45) is 0 Å². The first-order chi connectivity index (χ1) is 11.2. The first kappa shape index (κ1) is 14.8. The van der Waals surface area contributed by atoms with Crippen molar-refractivity contribution in [1.82, 2.24) is 9.97 Å². The fourth-order valence-electron chi connectivity index (χ4n) is 2.36. The fraction of sp³-hybridized carbons (Fsp3) is 0.333. The zero-order chi connectivity index (χ0) is 16.2. The molecule has 0 atom stereocenters. The maximum Gasteiger partial charge on any atom is 0.357 e. The van der Waals surface area contributed by atoms with E-state index in [0.717, 1.165) is 19.1 Å². The zero-order valence-corrected chi connectivity index (χ0v) is 12.2. The number of hydrogen-bond donors (Lipinski definition) is 1. The number of anilines is 1. The van der Waals surface area contributed by atoms with Crippen LogP contribution < -0.4 is 9.64 Å². The minimum atomic E-state index is -1.11. The van der Waals surface area contributed by atoms with Crippen LogP contribution in [0.25, 0.3) is 0 Å². The van der Waals surface area contributed by atoms with E-state index in [4.69, 9.17) is 19.5 Å². The molecule has 8 heteroatoms. The van der Waals surface area contributed by atoms with Crippen molar-refractivity contribution < 1.29 is 19.1 Å². The predicted molar refractivity (Wildman–Crippen MR) is 78.3 cm³/mol. The lowest BCUT2D eigenvalue weighted by Gasteiger charge is -2.30. The second-order valence-electron chi connectivity index (χ2n) is 5.12. The highest BCUT2D eigenvalue weighted by Crippen LogP contribution is 2.22. The molecule has 1 aliphatic rings. The number of carbonyl (C=O) groups is 1. The Morgan fingerprint density at radius 2 is 2.22 bits per heavy atom. The van der Waals surface area contributed by atoms with Gasteiger partial charge in [-0.2, -0.15) is 10.2 Å². The number of hydrogen-bond acceptors (Lipinski definition) is 7. The van der Waals surface area contributed by atoms with E-state index in [1.54, 1.807) is 12.1 Å². The number of nitriles is 1. The first-order valence-electron chi connectivity index (χ1n) is 7.12. The van der Waals surface area contributed by atoms with E-state index in [-0.39, 0.29) is 11.8 Å². The topological polar surface area (TPSA) is 112 Å². The number of pyridine rings is 1. The first-order valence-corrected chi connectivity index (χ1v) is 7.12. The summed E-state index contributed by atoms with van der Waals surface area (Å²) in [5.74, 6) is -0.614. The summed E-state index contributed by atoms with van der Waals surface area (Å²) < 4.78 is 11.0. The molecular weight excluding hydrogens is 300 g/mol. The minimum absolute atomic E-state index is 0.0144. The monoisotopic (exact) mass is 314 g/mol. The van der Waals surface area contributed by atoms with Gasteiger partial charge in [-0.05, 0) is 6.07 Å². The van der Waals surface area contributed by atoms with Crippen LogP contribution in [0.15, 0.2) is 29.0 Å². The molecule has 23 heavy (non-hydrogen) atoms. The van der Waals surface area contributed by atoms with E-state index in [1.807, 2.05) is 11.0 Å². The zero-order valence-electron chi connectivity index (χ0n) is 12.2. The van der Waals surface area contributed by atoms with Gasteiger partial charge >= 0.3 is 5.97 Å². The minimum Gasteiger partial charge on any atom is -0.476 e. The van der Waals surface area contributed by atoms with E-state index in [0.29, 0.717) is 30.5 Å². The Bertz CT molecular complexity index is 727. The van der Waals surface area contributed by atoms with Gasteiger partial charge in [-0.25, -0.2) is 9.78 Å². The van der Waals surface area contributed by atoms with Gasteiger partial charge in [0.15, 0.2) is 5.69 Å². The van der Waals surface area contributed by atoms with Crippen LogP contribution in [0.5, 0.6) is 5.88 Å². The summed E-state index contributed by atoms with van der Waals surface area (Å²) in [6, 6.07) is 5.67. The van der Waals surface area contributed by atoms with Crippen LogP contribution in [0.4, 0.5) is 6.01 Å². The van der Waals surface area contributed by atoms with E-state index in [2.05, 4.69) is 9.97 Å². The van der Waals surface area contributed by atoms with Crippen LogP contribution in [-0.4, -0.2) is 40.2 Å². The maximum absolute atomic E-state index is 10.8. The number of aromatic nitrogens is 2. The summed E-state index contributed by atoms with van der Waals surface area (Å²) >= 11 is 0. The molecule has 8 nitrogen and oxygen atoms in total. The number of ether oxygens (including phenoxy) is 1. The Labute approximate surface area is 131 Å². The van der Waals surface area contributed by atoms with Gasteiger partial charge in [-0.1, -0.05) is 0 Å². The van der Waals surface area contributed by atoms with Crippen molar-refractivity contribution >= 4 is 12.0 Å². The number of piperidine rings is 1. The van der Waals surface area contributed by atoms with Crippen LogP contribution in [0.2, 0.25) is 0 Å². The van der Waals surface area contributed by atoms with Gasteiger partial charge in [0.25, 0.3) is 6.01 Å². The van der Waals surface area contributed by atoms with E-state index in [1.165, 1.54) is 6.20 Å². The Kier molecular flexibility index (Phi) is 4.10. The third kappa shape index (κ3) is 3.40. The molecule has 0 aromatic carbocycles. The summed E-state index contributed by atoms with van der Waals surface area (Å²) in [6.45, 7) is 1.31. The molecule has 1 saturated heterocycles. The third-order valence-electron chi connectivity index (χ3n) is 3.58. The molecular formula is C15H14N4O4. The summed E-state index contributed by atoms with van der Waals surface area (Å²) in [5.41, 5.74) is 0.394. The van der Waals surface area contributed by atoms with Crippen molar-refractivity contribution in [2.75, 3.05) is 18.0 Å². The molecule has 1 aliphatic heterocycles. The third-order valence-corrected chi connectivity index (χ3v) is 3.58. The number of aromatic carboxylic acids is 1. The number of oxazole rings is 1. The quantitative estimate of drug-likeness (QED) is 0.907. The normalized spacial score (nSPS) is 15.2. The summed E-state index contributed by atoms with van der Waals surface area (Å²) in [7, 11) is 0. The van der Waals surface area contributed by atoms with Crippen molar-refractivity contribution in [3.8, 4) is 11.9 Å².